The van der Waals surface area contributed by atoms with Crippen LogP contribution in [-0.4, -0.2) is 28.2 Å². The molecule has 1 aliphatic rings. The summed E-state index contributed by atoms with van der Waals surface area (Å²) in [7, 11) is 0. The van der Waals surface area contributed by atoms with Crippen molar-refractivity contribution in [1.29, 1.82) is 5.26 Å². The lowest BCUT2D eigenvalue weighted by atomic mass is 9.98. The fourth-order valence-electron chi connectivity index (χ4n) is 4.47. The van der Waals surface area contributed by atoms with Gasteiger partial charge in [0.1, 0.15) is 17.4 Å². The summed E-state index contributed by atoms with van der Waals surface area (Å²) in [5.74, 6) is -0.951. The van der Waals surface area contributed by atoms with Crippen LogP contribution in [0, 0.1) is 11.3 Å². The second-order valence-corrected chi connectivity index (χ2v) is 9.69. The molecule has 0 bridgehead atoms. The van der Waals surface area contributed by atoms with E-state index in [1.165, 1.54) is 23.1 Å². The van der Waals surface area contributed by atoms with Crippen LogP contribution in [0.25, 0.3) is 22.5 Å². The number of nitrogens with one attached hydrogen (secondary N) is 1. The highest BCUT2D eigenvalue weighted by molar-refractivity contribution is 6.22. The van der Waals surface area contributed by atoms with Crippen LogP contribution in [0.5, 0.6) is 0 Å². The Morgan fingerprint density at radius 3 is 2.05 bits per heavy atom. The van der Waals surface area contributed by atoms with Crippen molar-refractivity contribution in [3.8, 4) is 28.5 Å². The van der Waals surface area contributed by atoms with Gasteiger partial charge in [0.05, 0.1) is 11.1 Å². The molecule has 3 aromatic carbocycles. The zero-order chi connectivity index (χ0) is 26.3. The minimum absolute atomic E-state index is 0.00410. The number of carbonyl (C=O) groups is 3. The molecular formula is C30H23N3O4. The monoisotopic (exact) mass is 489 g/mol. The predicted octanol–water partition coefficient (Wildman–Crippen LogP) is 6.13. The van der Waals surface area contributed by atoms with E-state index in [0.29, 0.717) is 11.3 Å². The van der Waals surface area contributed by atoms with E-state index in [0.717, 1.165) is 11.1 Å². The average Bonchev–Trinajstić information content (AvgIpc) is 3.38. The molecule has 5 rings (SSSR count). The van der Waals surface area contributed by atoms with E-state index in [1.54, 1.807) is 20.8 Å². The second-order valence-electron chi connectivity index (χ2n) is 9.69. The minimum Gasteiger partial charge on any atom is -0.438 e. The lowest BCUT2D eigenvalue weighted by Crippen LogP contribution is -2.45. The van der Waals surface area contributed by atoms with E-state index >= 15 is 0 Å². The Bertz CT molecular complexity index is 1590. The molecule has 37 heavy (non-hydrogen) atoms. The Labute approximate surface area is 213 Å². The van der Waals surface area contributed by atoms with Gasteiger partial charge in [-0.15, -0.1) is 0 Å². The SMILES string of the molecule is CC(C)(C)N1C(=O)c2ccc(C(=O)Nc3oc(-c4ccccc4)c(-c4ccccc4)c3C#N)cc2C1=O. The van der Waals surface area contributed by atoms with E-state index in [1.807, 2.05) is 60.7 Å². The van der Waals surface area contributed by atoms with Crippen molar-refractivity contribution >= 4 is 23.6 Å². The number of hydrogen-bond donors (Lipinski definition) is 1. The molecule has 1 N–H and O–H groups in total. The van der Waals surface area contributed by atoms with E-state index in [9.17, 15) is 19.6 Å². The van der Waals surface area contributed by atoms with E-state index in [4.69, 9.17) is 4.42 Å². The van der Waals surface area contributed by atoms with Gasteiger partial charge in [-0.3, -0.25) is 24.6 Å². The van der Waals surface area contributed by atoms with Gasteiger partial charge in [-0.1, -0.05) is 60.7 Å². The first-order chi connectivity index (χ1) is 17.7. The van der Waals surface area contributed by atoms with Gasteiger partial charge in [-0.2, -0.15) is 5.26 Å². The van der Waals surface area contributed by atoms with Crippen molar-refractivity contribution in [2.24, 2.45) is 0 Å². The molecule has 1 aromatic heterocycles. The Morgan fingerprint density at radius 1 is 0.865 bits per heavy atom. The summed E-state index contributed by atoms with van der Waals surface area (Å²) in [6.07, 6.45) is 0. The number of fused-ring (bicyclic) bond motifs is 1. The van der Waals surface area contributed by atoms with Gasteiger partial charge in [0.2, 0.25) is 5.88 Å². The molecule has 7 heteroatoms. The summed E-state index contributed by atoms with van der Waals surface area (Å²) in [5.41, 5.74) is 2.16. The third kappa shape index (κ3) is 4.09. The van der Waals surface area contributed by atoms with Crippen LogP contribution < -0.4 is 5.32 Å². The van der Waals surface area contributed by atoms with Gasteiger partial charge in [0, 0.05) is 22.2 Å². The van der Waals surface area contributed by atoms with E-state index in [2.05, 4.69) is 11.4 Å². The highest BCUT2D eigenvalue weighted by Crippen LogP contribution is 2.41. The zero-order valence-electron chi connectivity index (χ0n) is 20.5. The summed E-state index contributed by atoms with van der Waals surface area (Å²) in [6, 6.07) is 25.2. The van der Waals surface area contributed by atoms with Crippen molar-refractivity contribution in [3.63, 3.8) is 0 Å². The van der Waals surface area contributed by atoms with Gasteiger partial charge >= 0.3 is 0 Å². The van der Waals surface area contributed by atoms with Crippen molar-refractivity contribution < 1.29 is 18.8 Å². The molecule has 0 aliphatic carbocycles. The quantitative estimate of drug-likeness (QED) is 0.347. The number of anilines is 1. The first kappa shape index (κ1) is 23.8. The standard InChI is InChI=1S/C30H23N3O4/c1-30(2,3)33-28(35)21-15-14-20(16-22(21)29(33)36)26(34)32-27-23(17-31)24(18-10-6-4-7-11-18)25(37-27)19-12-8-5-9-13-19/h4-16H,1-3H3,(H,32,34). The van der Waals surface area contributed by atoms with Crippen LogP contribution in [0.4, 0.5) is 5.88 Å². The third-order valence-electron chi connectivity index (χ3n) is 6.17. The molecule has 2 heterocycles. The van der Waals surface area contributed by atoms with Crippen LogP contribution in [0.15, 0.2) is 83.3 Å². The Hall–Kier alpha value is -4.96. The molecule has 4 aromatic rings. The lowest BCUT2D eigenvalue weighted by Gasteiger charge is -2.29. The van der Waals surface area contributed by atoms with Crippen molar-refractivity contribution in [3.05, 3.63) is 101 Å². The number of furan rings is 1. The summed E-state index contributed by atoms with van der Waals surface area (Å²) >= 11 is 0. The molecular weight excluding hydrogens is 466 g/mol. The molecule has 0 spiro atoms. The third-order valence-corrected chi connectivity index (χ3v) is 6.17. The van der Waals surface area contributed by atoms with Crippen LogP contribution in [0.2, 0.25) is 0 Å². The van der Waals surface area contributed by atoms with Gasteiger partial charge in [0.25, 0.3) is 17.7 Å². The van der Waals surface area contributed by atoms with Gasteiger partial charge in [-0.05, 0) is 44.5 Å². The first-order valence-electron chi connectivity index (χ1n) is 11.7. The number of hydrogen-bond acceptors (Lipinski definition) is 5. The maximum atomic E-state index is 13.3. The molecule has 0 saturated heterocycles. The number of rotatable bonds is 4. The fourth-order valence-corrected chi connectivity index (χ4v) is 4.47. The first-order valence-corrected chi connectivity index (χ1v) is 11.7. The molecule has 182 valence electrons. The molecule has 0 unspecified atom stereocenters. The Kier molecular flexibility index (Phi) is 5.73. The summed E-state index contributed by atoms with van der Waals surface area (Å²) < 4.78 is 6.08. The van der Waals surface area contributed by atoms with Crippen molar-refractivity contribution in [2.75, 3.05) is 5.32 Å². The average molecular weight is 490 g/mol. The maximum absolute atomic E-state index is 13.3. The molecule has 7 nitrogen and oxygen atoms in total. The predicted molar refractivity (Wildman–Crippen MR) is 139 cm³/mol. The van der Waals surface area contributed by atoms with Gasteiger partial charge < -0.3 is 4.42 Å². The number of benzene rings is 3. The molecule has 1 aliphatic heterocycles. The van der Waals surface area contributed by atoms with Crippen LogP contribution in [0.1, 0.15) is 57.4 Å². The molecule has 3 amide bonds. The molecule has 0 atom stereocenters. The fraction of sp³-hybridized carbons (Fsp3) is 0.133. The normalized spacial score (nSPS) is 12.9. The van der Waals surface area contributed by atoms with E-state index < -0.39 is 23.3 Å². The topological polar surface area (TPSA) is 103 Å². The summed E-state index contributed by atoms with van der Waals surface area (Å²) in [6.45, 7) is 5.33. The molecule has 0 fully saturated rings. The van der Waals surface area contributed by atoms with Crippen LogP contribution in [0.3, 0.4) is 0 Å². The maximum Gasteiger partial charge on any atom is 0.262 e. The molecule has 0 radical (unpaired) electrons. The second kappa shape index (κ2) is 8.92. The van der Waals surface area contributed by atoms with E-state index in [-0.39, 0.29) is 28.1 Å². The minimum atomic E-state index is -0.701. The van der Waals surface area contributed by atoms with Gasteiger partial charge in [0.15, 0.2) is 0 Å². The highest BCUT2D eigenvalue weighted by Gasteiger charge is 2.42. The Morgan fingerprint density at radius 2 is 1.46 bits per heavy atom. The number of imide groups is 1. The number of nitrogens with zero attached hydrogens (tertiary/aromatic N) is 2. The van der Waals surface area contributed by atoms with Crippen molar-refractivity contribution in [2.45, 2.75) is 26.3 Å². The van der Waals surface area contributed by atoms with Crippen molar-refractivity contribution in [1.82, 2.24) is 4.90 Å². The summed E-state index contributed by atoms with van der Waals surface area (Å²) in [4.78, 5) is 40.2. The highest BCUT2D eigenvalue weighted by atomic mass is 16.4. The lowest BCUT2D eigenvalue weighted by molar-refractivity contribution is 0.0507. The Balaban J connectivity index is 1.54. The molecule has 0 saturated carbocycles. The van der Waals surface area contributed by atoms with Crippen LogP contribution in [-0.2, 0) is 0 Å². The number of nitriles is 1. The smallest absolute Gasteiger partial charge is 0.262 e. The summed E-state index contributed by atoms with van der Waals surface area (Å²) in [5, 5.41) is 12.8. The van der Waals surface area contributed by atoms with Crippen LogP contribution >= 0.6 is 0 Å². The van der Waals surface area contributed by atoms with Gasteiger partial charge in [-0.25, -0.2) is 0 Å². The largest absolute Gasteiger partial charge is 0.438 e. The zero-order valence-corrected chi connectivity index (χ0v) is 20.5. The number of amides is 3. The number of carbonyl (C=O) groups excluding carboxylic acids is 3.